The standard InChI is InChI=1S/C8H9Cl2NO2S/c1-11-8(9,10)14(12,13)7-5-3-2-4-6-7/h2-6,11H,1H3. The molecular formula is C8H9Cl2NO2S. The molecular weight excluding hydrogens is 245 g/mol. The van der Waals surface area contributed by atoms with Crippen molar-refractivity contribution in [2.75, 3.05) is 7.05 Å². The normalized spacial score (nSPS) is 12.8. The van der Waals surface area contributed by atoms with Crippen LogP contribution in [0.15, 0.2) is 35.2 Å². The van der Waals surface area contributed by atoms with Crippen molar-refractivity contribution < 1.29 is 8.42 Å². The monoisotopic (exact) mass is 253 g/mol. The van der Waals surface area contributed by atoms with Crippen LogP contribution in [-0.4, -0.2) is 19.3 Å². The fraction of sp³-hybridized carbons (Fsp3) is 0.250. The third kappa shape index (κ3) is 2.03. The summed E-state index contributed by atoms with van der Waals surface area (Å²) >= 11 is 11.2. The van der Waals surface area contributed by atoms with E-state index < -0.39 is 13.6 Å². The lowest BCUT2D eigenvalue weighted by Crippen LogP contribution is -2.39. The Morgan fingerprint density at radius 1 is 1.21 bits per heavy atom. The smallest absolute Gasteiger partial charge is 0.276 e. The van der Waals surface area contributed by atoms with Crippen molar-refractivity contribution >= 4 is 33.0 Å². The first-order valence-corrected chi connectivity index (χ1v) is 6.02. The van der Waals surface area contributed by atoms with Gasteiger partial charge in [-0.25, -0.2) is 8.42 Å². The average Bonchev–Trinajstić information content (AvgIpc) is 2.19. The Bertz CT molecular complexity index is 403. The van der Waals surface area contributed by atoms with Crippen molar-refractivity contribution in [2.24, 2.45) is 0 Å². The van der Waals surface area contributed by atoms with Gasteiger partial charge in [0.1, 0.15) is 0 Å². The molecule has 0 aliphatic rings. The van der Waals surface area contributed by atoms with Crippen molar-refractivity contribution in [3.05, 3.63) is 30.3 Å². The molecule has 0 aromatic heterocycles. The van der Waals surface area contributed by atoms with E-state index in [-0.39, 0.29) is 4.90 Å². The zero-order chi connectivity index (χ0) is 10.8. The van der Waals surface area contributed by atoms with Gasteiger partial charge in [-0.15, -0.1) is 0 Å². The Morgan fingerprint density at radius 3 is 2.14 bits per heavy atom. The summed E-state index contributed by atoms with van der Waals surface area (Å²) in [6, 6.07) is 7.79. The second-order valence-corrected chi connectivity index (χ2v) is 6.45. The number of halogens is 2. The zero-order valence-corrected chi connectivity index (χ0v) is 9.70. The predicted molar refractivity (Wildman–Crippen MR) is 57.1 cm³/mol. The molecule has 1 aromatic carbocycles. The van der Waals surface area contributed by atoms with Gasteiger partial charge in [0, 0.05) is 0 Å². The maximum atomic E-state index is 11.8. The van der Waals surface area contributed by atoms with Gasteiger partial charge in [0.2, 0.25) is 9.84 Å². The molecule has 1 N–H and O–H groups in total. The molecule has 0 saturated heterocycles. The van der Waals surface area contributed by atoms with Crippen LogP contribution in [0, 0.1) is 0 Å². The molecule has 1 aromatic rings. The molecule has 3 nitrogen and oxygen atoms in total. The molecule has 0 unspecified atom stereocenters. The molecule has 0 atom stereocenters. The van der Waals surface area contributed by atoms with Gasteiger partial charge in [0.25, 0.3) is 3.79 Å². The van der Waals surface area contributed by atoms with Crippen LogP contribution in [0.2, 0.25) is 0 Å². The van der Waals surface area contributed by atoms with E-state index in [4.69, 9.17) is 23.2 Å². The first-order valence-electron chi connectivity index (χ1n) is 3.78. The molecule has 0 aliphatic carbocycles. The van der Waals surface area contributed by atoms with Crippen LogP contribution in [0.1, 0.15) is 0 Å². The molecule has 0 amide bonds. The SMILES string of the molecule is CNC(Cl)(Cl)S(=O)(=O)c1ccccc1. The van der Waals surface area contributed by atoms with Crippen molar-refractivity contribution in [1.82, 2.24) is 5.32 Å². The number of sulfone groups is 1. The predicted octanol–water partition coefficient (Wildman–Crippen LogP) is 1.77. The number of benzene rings is 1. The lowest BCUT2D eigenvalue weighted by Gasteiger charge is -2.18. The van der Waals surface area contributed by atoms with E-state index in [0.717, 1.165) is 0 Å². The van der Waals surface area contributed by atoms with Crippen LogP contribution in [0.5, 0.6) is 0 Å². The molecule has 78 valence electrons. The van der Waals surface area contributed by atoms with Crippen LogP contribution >= 0.6 is 23.2 Å². The second kappa shape index (κ2) is 4.06. The molecule has 0 heterocycles. The maximum absolute atomic E-state index is 11.8. The Labute approximate surface area is 92.9 Å². The summed E-state index contributed by atoms with van der Waals surface area (Å²) in [7, 11) is -2.39. The molecule has 0 fully saturated rings. The third-order valence-corrected chi connectivity index (χ3v) is 5.05. The van der Waals surface area contributed by atoms with Gasteiger partial charge < -0.3 is 0 Å². The molecule has 0 radical (unpaired) electrons. The molecule has 0 bridgehead atoms. The number of alkyl halides is 2. The summed E-state index contributed by atoms with van der Waals surface area (Å²) in [5.74, 6) is 0. The minimum atomic E-state index is -3.77. The van der Waals surface area contributed by atoms with Crippen LogP contribution in [0.4, 0.5) is 0 Å². The van der Waals surface area contributed by atoms with Crippen LogP contribution in [0.25, 0.3) is 0 Å². The highest BCUT2D eigenvalue weighted by atomic mass is 35.5. The molecule has 14 heavy (non-hydrogen) atoms. The van der Waals surface area contributed by atoms with Crippen molar-refractivity contribution in [3.63, 3.8) is 0 Å². The first kappa shape index (κ1) is 11.8. The van der Waals surface area contributed by atoms with Crippen molar-refractivity contribution in [3.8, 4) is 0 Å². The van der Waals surface area contributed by atoms with E-state index >= 15 is 0 Å². The number of rotatable bonds is 3. The molecule has 6 heteroatoms. The van der Waals surface area contributed by atoms with E-state index in [0.29, 0.717) is 0 Å². The van der Waals surface area contributed by atoms with Gasteiger partial charge in [-0.2, -0.15) is 0 Å². The van der Waals surface area contributed by atoms with E-state index in [9.17, 15) is 8.42 Å². The Morgan fingerprint density at radius 2 is 1.71 bits per heavy atom. The molecule has 1 rings (SSSR count). The molecule has 0 spiro atoms. The summed E-state index contributed by atoms with van der Waals surface area (Å²) in [6.07, 6.45) is 0. The van der Waals surface area contributed by atoms with Gasteiger partial charge in [0.15, 0.2) is 0 Å². The highest BCUT2D eigenvalue weighted by Crippen LogP contribution is 2.30. The minimum Gasteiger partial charge on any atom is -0.276 e. The van der Waals surface area contributed by atoms with Crippen molar-refractivity contribution in [2.45, 2.75) is 8.68 Å². The fourth-order valence-corrected chi connectivity index (χ4v) is 2.50. The molecule has 0 aliphatic heterocycles. The van der Waals surface area contributed by atoms with Gasteiger partial charge in [-0.3, -0.25) is 5.32 Å². The topological polar surface area (TPSA) is 46.2 Å². The first-order chi connectivity index (χ1) is 6.42. The zero-order valence-electron chi connectivity index (χ0n) is 7.37. The van der Waals surface area contributed by atoms with E-state index in [1.165, 1.54) is 19.2 Å². The third-order valence-electron chi connectivity index (χ3n) is 1.68. The lowest BCUT2D eigenvalue weighted by atomic mass is 10.4. The van der Waals surface area contributed by atoms with Gasteiger partial charge >= 0.3 is 0 Å². The van der Waals surface area contributed by atoms with Gasteiger partial charge in [0.05, 0.1) is 4.90 Å². The Balaban J connectivity index is 3.23. The quantitative estimate of drug-likeness (QED) is 0.660. The van der Waals surface area contributed by atoms with Crippen molar-refractivity contribution in [1.29, 1.82) is 0 Å². The Kier molecular flexibility index (Phi) is 3.42. The number of hydrogen-bond donors (Lipinski definition) is 1. The summed E-state index contributed by atoms with van der Waals surface area (Å²) in [5, 5.41) is 2.32. The van der Waals surface area contributed by atoms with Crippen LogP contribution < -0.4 is 5.32 Å². The summed E-state index contributed by atoms with van der Waals surface area (Å²) < 4.78 is 21.5. The summed E-state index contributed by atoms with van der Waals surface area (Å²) in [4.78, 5) is 0.0827. The van der Waals surface area contributed by atoms with Crippen LogP contribution in [0.3, 0.4) is 0 Å². The minimum absolute atomic E-state index is 0.0827. The molecule has 0 saturated carbocycles. The van der Waals surface area contributed by atoms with Gasteiger partial charge in [-0.05, 0) is 19.2 Å². The van der Waals surface area contributed by atoms with E-state index in [1.54, 1.807) is 18.2 Å². The summed E-state index contributed by atoms with van der Waals surface area (Å²) in [5.41, 5.74) is 0. The highest BCUT2D eigenvalue weighted by Gasteiger charge is 2.39. The lowest BCUT2D eigenvalue weighted by molar-refractivity contribution is 0.580. The highest BCUT2D eigenvalue weighted by molar-refractivity contribution is 7.95. The second-order valence-electron chi connectivity index (χ2n) is 2.58. The van der Waals surface area contributed by atoms with Gasteiger partial charge in [-0.1, -0.05) is 41.4 Å². The fourth-order valence-electron chi connectivity index (χ4n) is 0.882. The Hall–Kier alpha value is -0.290. The van der Waals surface area contributed by atoms with E-state index in [1.807, 2.05) is 0 Å². The van der Waals surface area contributed by atoms with E-state index in [2.05, 4.69) is 5.32 Å². The summed E-state index contributed by atoms with van der Waals surface area (Å²) in [6.45, 7) is 0. The average molecular weight is 254 g/mol. The number of hydrogen-bond acceptors (Lipinski definition) is 3. The largest absolute Gasteiger partial charge is 0.276 e. The maximum Gasteiger partial charge on any atom is 0.276 e. The number of nitrogens with one attached hydrogen (secondary N) is 1. The van der Waals surface area contributed by atoms with Crippen LogP contribution in [-0.2, 0) is 9.84 Å².